The van der Waals surface area contributed by atoms with Gasteiger partial charge in [-0.15, -0.1) is 0 Å². The number of hydrogen-bond acceptors (Lipinski definition) is 8. The van der Waals surface area contributed by atoms with Crippen LogP contribution in [0.5, 0.6) is 46.0 Å². The first kappa shape index (κ1) is 49.9. The van der Waals surface area contributed by atoms with E-state index in [4.69, 9.17) is 18.9 Å². The number of rotatable bonds is 17. The van der Waals surface area contributed by atoms with E-state index < -0.39 is 0 Å². The normalized spacial score (nSPS) is 11.2. The largest absolute Gasteiger partial charge is 0.457 e. The fraction of sp³-hybridized carbons (Fsp3) is 0. The van der Waals surface area contributed by atoms with E-state index >= 15 is 0 Å². The van der Waals surface area contributed by atoms with Gasteiger partial charge in [0.25, 0.3) is 0 Å². The molecule has 0 fully saturated rings. The third kappa shape index (κ3) is 11.6. The van der Waals surface area contributed by atoms with Gasteiger partial charge in [-0.25, -0.2) is 0 Å². The summed E-state index contributed by atoms with van der Waals surface area (Å²) in [5, 5.41) is 3.98. The summed E-state index contributed by atoms with van der Waals surface area (Å²) in [6.45, 7) is 0. The van der Waals surface area contributed by atoms with Crippen molar-refractivity contribution in [2.24, 2.45) is 9.98 Å². The Balaban J connectivity index is 0.738. The number of nitrogens with zero attached hydrogens (tertiary/aromatic N) is 2. The second-order valence-corrected chi connectivity index (χ2v) is 18.8. The number of fused-ring (bicyclic) bond motifs is 2. The molecule has 0 saturated carbocycles. The van der Waals surface area contributed by atoms with E-state index in [0.717, 1.165) is 55.2 Å². The monoisotopic (exact) mass is 1040 g/mol. The Morgan fingerprint density at radius 2 is 0.562 bits per heavy atom. The molecular weight excluding hydrogens is 989 g/mol. The van der Waals surface area contributed by atoms with Crippen molar-refractivity contribution in [1.82, 2.24) is 0 Å². The molecule has 8 nitrogen and oxygen atoms in total. The minimum atomic E-state index is -0.130. The van der Waals surface area contributed by atoms with Gasteiger partial charge in [-0.2, -0.15) is 0 Å². The maximum atomic E-state index is 13.8. The Morgan fingerprint density at radius 1 is 0.275 bits per heavy atom. The molecule has 0 aliphatic carbocycles. The van der Waals surface area contributed by atoms with Gasteiger partial charge >= 0.3 is 0 Å². The van der Waals surface area contributed by atoms with Crippen LogP contribution in [-0.2, 0) is 0 Å². The van der Waals surface area contributed by atoms with E-state index in [-0.39, 0.29) is 11.6 Å². The number of carbonyl (C=O) groups excluding carboxylic acids is 2. The van der Waals surface area contributed by atoms with Gasteiger partial charge < -0.3 is 18.9 Å². The molecular formula is C72H48N2O6. The highest BCUT2D eigenvalue weighted by Crippen LogP contribution is 2.48. The molecule has 12 aromatic rings. The summed E-state index contributed by atoms with van der Waals surface area (Å²) in [6.07, 6.45) is 3.65. The number of ether oxygens (including phenoxy) is 4. The molecule has 0 heterocycles. The number of aliphatic imine (C=N–C) groups is 2. The zero-order chi connectivity index (χ0) is 54.0. The van der Waals surface area contributed by atoms with Crippen LogP contribution in [0.15, 0.2) is 289 Å². The van der Waals surface area contributed by atoms with E-state index in [1.54, 1.807) is 72.8 Å². The van der Waals surface area contributed by atoms with Crippen LogP contribution >= 0.6 is 0 Å². The highest BCUT2D eigenvalue weighted by molar-refractivity contribution is 6.11. The first-order chi connectivity index (χ1) is 39.4. The van der Waals surface area contributed by atoms with Crippen LogP contribution in [0.4, 0.5) is 11.4 Å². The Kier molecular flexibility index (Phi) is 14.4. The van der Waals surface area contributed by atoms with Crippen molar-refractivity contribution < 1.29 is 28.5 Å². The molecule has 382 valence electrons. The molecule has 0 aliphatic rings. The van der Waals surface area contributed by atoms with Gasteiger partial charge in [-0.3, -0.25) is 19.6 Å². The Bertz CT molecular complexity index is 3920. The molecule has 0 unspecified atom stereocenters. The van der Waals surface area contributed by atoms with Crippen molar-refractivity contribution >= 4 is 56.9 Å². The van der Waals surface area contributed by atoms with Crippen LogP contribution in [-0.4, -0.2) is 24.0 Å². The zero-order valence-corrected chi connectivity index (χ0v) is 43.1. The summed E-state index contributed by atoms with van der Waals surface area (Å²) in [7, 11) is 0. The molecule has 0 N–H and O–H groups in total. The van der Waals surface area contributed by atoms with Crippen molar-refractivity contribution in [1.29, 1.82) is 0 Å². The maximum Gasteiger partial charge on any atom is 0.193 e. The predicted molar refractivity (Wildman–Crippen MR) is 320 cm³/mol. The first-order valence-electron chi connectivity index (χ1n) is 26.1. The molecule has 0 aliphatic heterocycles. The second-order valence-electron chi connectivity index (χ2n) is 18.8. The summed E-state index contributed by atoms with van der Waals surface area (Å²) in [6, 6.07) is 87.9. The molecule has 0 amide bonds. The topological polar surface area (TPSA) is 95.8 Å². The summed E-state index contributed by atoms with van der Waals surface area (Å²) in [5.74, 6) is 4.60. The summed E-state index contributed by atoms with van der Waals surface area (Å²) in [4.78, 5) is 36.7. The Hall–Kier alpha value is -11.0. The van der Waals surface area contributed by atoms with Gasteiger partial charge in [0.05, 0.1) is 11.4 Å². The van der Waals surface area contributed by atoms with Crippen molar-refractivity contribution in [3.63, 3.8) is 0 Å². The lowest BCUT2D eigenvalue weighted by molar-refractivity contribution is 0.103. The van der Waals surface area contributed by atoms with E-state index in [0.29, 0.717) is 68.2 Å². The average molecular weight is 1040 g/mol. The minimum Gasteiger partial charge on any atom is -0.457 e. The fourth-order valence-electron chi connectivity index (χ4n) is 9.32. The van der Waals surface area contributed by atoms with Crippen molar-refractivity contribution in [3.8, 4) is 57.1 Å². The highest BCUT2D eigenvalue weighted by atomic mass is 16.5. The van der Waals surface area contributed by atoms with Gasteiger partial charge in [0.1, 0.15) is 46.0 Å². The van der Waals surface area contributed by atoms with Gasteiger partial charge in [-0.1, -0.05) is 121 Å². The molecule has 0 aromatic heterocycles. The molecule has 12 rings (SSSR count). The van der Waals surface area contributed by atoms with E-state index in [2.05, 4.69) is 34.3 Å². The lowest BCUT2D eigenvalue weighted by Crippen LogP contribution is -2.01. The number of carbonyl (C=O) groups is 2. The van der Waals surface area contributed by atoms with E-state index in [9.17, 15) is 9.59 Å². The molecule has 80 heavy (non-hydrogen) atoms. The Morgan fingerprint density at radius 3 is 0.900 bits per heavy atom. The third-order valence-corrected chi connectivity index (χ3v) is 13.4. The zero-order valence-electron chi connectivity index (χ0n) is 43.1. The van der Waals surface area contributed by atoms with Crippen molar-refractivity contribution in [2.75, 3.05) is 0 Å². The smallest absolute Gasteiger partial charge is 0.193 e. The van der Waals surface area contributed by atoms with Gasteiger partial charge in [0.2, 0.25) is 0 Å². The average Bonchev–Trinajstić information content (AvgIpc) is 3.70. The van der Waals surface area contributed by atoms with E-state index in [1.807, 2.05) is 194 Å². The van der Waals surface area contributed by atoms with Crippen LogP contribution < -0.4 is 18.9 Å². The molecule has 0 radical (unpaired) electrons. The van der Waals surface area contributed by atoms with Crippen LogP contribution in [0, 0.1) is 0 Å². The Labute approximate surface area is 462 Å². The number of benzene rings is 12. The highest BCUT2D eigenvalue weighted by Gasteiger charge is 2.21. The van der Waals surface area contributed by atoms with Crippen molar-refractivity contribution in [2.45, 2.75) is 0 Å². The summed E-state index contributed by atoms with van der Waals surface area (Å²) in [5.41, 5.74) is 7.44. The minimum absolute atomic E-state index is 0.130. The maximum absolute atomic E-state index is 13.8. The lowest BCUT2D eigenvalue weighted by Gasteiger charge is -2.20. The lowest BCUT2D eigenvalue weighted by atomic mass is 9.92. The molecule has 12 aromatic carbocycles. The fourth-order valence-corrected chi connectivity index (χ4v) is 9.32. The summed E-state index contributed by atoms with van der Waals surface area (Å²) < 4.78 is 25.7. The van der Waals surface area contributed by atoms with Crippen LogP contribution in [0.3, 0.4) is 0 Å². The molecule has 0 atom stereocenters. The molecule has 8 heteroatoms. The first-order valence-corrected chi connectivity index (χ1v) is 26.1. The standard InChI is InChI=1S/C72H48N2O6/c75-71(53-19-33-59(34-20-53)77-61-41-29-57(30-42-61)73-47-49-11-3-1-4-12-49)55-23-37-63(38-24-55)79-67-45-27-51-15-7-9-17-65(51)69(67)70-66-18-10-8-16-52(66)28-46-68(70)80-64-39-25-56(26-40-64)72(76)54-21-35-60(36-22-54)78-62-43-31-58(32-44-62)74-48-50-13-5-2-6-14-50/h1-48H. The quantitative estimate of drug-likeness (QED) is 0.0666. The second kappa shape index (κ2) is 23.1. The van der Waals surface area contributed by atoms with Gasteiger partial charge in [0.15, 0.2) is 11.6 Å². The van der Waals surface area contributed by atoms with Gasteiger partial charge in [-0.05, 0) is 190 Å². The molecule has 0 spiro atoms. The van der Waals surface area contributed by atoms with Crippen molar-refractivity contribution in [3.05, 3.63) is 312 Å². The number of ketones is 2. The molecule has 0 saturated heterocycles. The van der Waals surface area contributed by atoms with Gasteiger partial charge in [0, 0.05) is 45.8 Å². The van der Waals surface area contributed by atoms with Crippen LogP contribution in [0.25, 0.3) is 32.7 Å². The SMILES string of the molecule is O=C(c1ccc(Oc2ccc(N=Cc3ccccc3)cc2)cc1)c1ccc(Oc2ccc3ccccc3c2-c2c(Oc3ccc(C(=O)c4ccc(Oc5ccc(N=Cc6ccccc6)cc5)cc4)cc3)ccc3ccccc23)cc1. The van der Waals surface area contributed by atoms with Crippen LogP contribution in [0.1, 0.15) is 43.0 Å². The van der Waals surface area contributed by atoms with Crippen LogP contribution in [0.2, 0.25) is 0 Å². The molecule has 0 bridgehead atoms. The van der Waals surface area contributed by atoms with E-state index in [1.165, 1.54) is 0 Å². The summed E-state index contributed by atoms with van der Waals surface area (Å²) >= 11 is 0. The predicted octanol–water partition coefficient (Wildman–Crippen LogP) is 18.8. The third-order valence-electron chi connectivity index (χ3n) is 13.4. The number of hydrogen-bond donors (Lipinski definition) is 0.